The van der Waals surface area contributed by atoms with Gasteiger partial charge >= 0.3 is 5.97 Å². The van der Waals surface area contributed by atoms with Gasteiger partial charge in [-0.2, -0.15) is 5.10 Å². The highest BCUT2D eigenvalue weighted by atomic mass is 16.4. The van der Waals surface area contributed by atoms with E-state index < -0.39 is 5.97 Å². The molecular weight excluding hydrogens is 220 g/mol. The van der Waals surface area contributed by atoms with Gasteiger partial charge in [-0.25, -0.2) is 4.79 Å². The van der Waals surface area contributed by atoms with Gasteiger partial charge in [0.15, 0.2) is 6.29 Å². The summed E-state index contributed by atoms with van der Waals surface area (Å²) in [6, 6.07) is 6.71. The lowest BCUT2D eigenvalue weighted by Gasteiger charge is -2.02. The zero-order valence-electron chi connectivity index (χ0n) is 9.10. The van der Waals surface area contributed by atoms with Crippen LogP contribution in [0.25, 0.3) is 11.3 Å². The zero-order valence-corrected chi connectivity index (χ0v) is 9.10. The fourth-order valence-corrected chi connectivity index (χ4v) is 1.56. The van der Waals surface area contributed by atoms with Crippen LogP contribution in [0.2, 0.25) is 0 Å². The molecule has 0 atom stereocenters. The summed E-state index contributed by atoms with van der Waals surface area (Å²) in [5.74, 6) is -1.08. The van der Waals surface area contributed by atoms with Crippen LogP contribution in [0.15, 0.2) is 24.3 Å². The minimum absolute atomic E-state index is 0.00152. The number of carboxylic acids is 1. The first-order valence-corrected chi connectivity index (χ1v) is 4.96. The van der Waals surface area contributed by atoms with Crippen molar-refractivity contribution < 1.29 is 14.7 Å². The van der Waals surface area contributed by atoms with E-state index in [1.807, 2.05) is 13.0 Å². The van der Waals surface area contributed by atoms with Crippen molar-refractivity contribution in [3.8, 4) is 11.3 Å². The number of benzene rings is 1. The van der Waals surface area contributed by atoms with Gasteiger partial charge in [-0.05, 0) is 19.1 Å². The van der Waals surface area contributed by atoms with Crippen LogP contribution in [-0.2, 0) is 0 Å². The van der Waals surface area contributed by atoms with Crippen LogP contribution in [0.5, 0.6) is 0 Å². The van der Waals surface area contributed by atoms with Crippen molar-refractivity contribution in [2.24, 2.45) is 0 Å². The largest absolute Gasteiger partial charge is 0.477 e. The minimum atomic E-state index is -1.08. The number of carbonyl (C=O) groups excluding carboxylic acids is 1. The lowest BCUT2D eigenvalue weighted by atomic mass is 10.0. The average Bonchev–Trinajstić information content (AvgIpc) is 2.78. The number of nitrogens with one attached hydrogen (secondary N) is 1. The van der Waals surface area contributed by atoms with E-state index in [0.717, 1.165) is 11.8 Å². The summed E-state index contributed by atoms with van der Waals surface area (Å²) in [6.07, 6.45) is 0.726. The smallest absolute Gasteiger partial charge is 0.353 e. The summed E-state index contributed by atoms with van der Waals surface area (Å²) < 4.78 is 0. The summed E-state index contributed by atoms with van der Waals surface area (Å²) >= 11 is 0. The van der Waals surface area contributed by atoms with E-state index in [2.05, 4.69) is 10.2 Å². The SMILES string of the molecule is Cc1ccc(C=O)c(-c2cc(C(=O)O)[nH]n2)c1. The molecule has 2 rings (SSSR count). The van der Waals surface area contributed by atoms with Crippen LogP contribution in [0, 0.1) is 6.92 Å². The van der Waals surface area contributed by atoms with E-state index in [9.17, 15) is 9.59 Å². The molecule has 2 N–H and O–H groups in total. The molecule has 1 heterocycles. The van der Waals surface area contributed by atoms with Crippen molar-refractivity contribution >= 4 is 12.3 Å². The Bertz CT molecular complexity index is 587. The van der Waals surface area contributed by atoms with E-state index in [0.29, 0.717) is 16.8 Å². The highest BCUT2D eigenvalue weighted by Crippen LogP contribution is 2.22. The van der Waals surface area contributed by atoms with Gasteiger partial charge in [0.2, 0.25) is 0 Å². The molecule has 1 aromatic carbocycles. The lowest BCUT2D eigenvalue weighted by Crippen LogP contribution is -1.95. The summed E-state index contributed by atoms with van der Waals surface area (Å²) in [5.41, 5.74) is 2.54. The number of nitrogens with zero attached hydrogens (tertiary/aromatic N) is 1. The third-order valence-corrected chi connectivity index (χ3v) is 2.42. The third kappa shape index (κ3) is 2.08. The molecule has 0 saturated heterocycles. The maximum absolute atomic E-state index is 10.9. The fourth-order valence-electron chi connectivity index (χ4n) is 1.56. The fraction of sp³-hybridized carbons (Fsp3) is 0.0833. The second kappa shape index (κ2) is 4.21. The van der Waals surface area contributed by atoms with Gasteiger partial charge in [-0.15, -0.1) is 0 Å². The summed E-state index contributed by atoms with van der Waals surface area (Å²) in [7, 11) is 0. The Morgan fingerprint density at radius 2 is 2.18 bits per heavy atom. The van der Waals surface area contributed by atoms with E-state index >= 15 is 0 Å². The number of aromatic amines is 1. The molecule has 86 valence electrons. The van der Waals surface area contributed by atoms with Crippen LogP contribution < -0.4 is 0 Å². The molecule has 0 bridgehead atoms. The van der Waals surface area contributed by atoms with Gasteiger partial charge in [-0.1, -0.05) is 17.7 Å². The zero-order chi connectivity index (χ0) is 12.4. The number of aromatic carboxylic acids is 1. The number of carboxylic acid groups (broad SMARTS) is 1. The lowest BCUT2D eigenvalue weighted by molar-refractivity contribution is 0.0690. The van der Waals surface area contributed by atoms with Gasteiger partial charge in [-0.3, -0.25) is 9.89 Å². The molecule has 0 amide bonds. The van der Waals surface area contributed by atoms with Gasteiger partial charge in [0.05, 0.1) is 5.69 Å². The minimum Gasteiger partial charge on any atom is -0.477 e. The van der Waals surface area contributed by atoms with Gasteiger partial charge in [0.25, 0.3) is 0 Å². The van der Waals surface area contributed by atoms with Gasteiger partial charge in [0, 0.05) is 11.1 Å². The number of aryl methyl sites for hydroxylation is 1. The van der Waals surface area contributed by atoms with Crippen LogP contribution in [-0.4, -0.2) is 27.6 Å². The van der Waals surface area contributed by atoms with Crippen LogP contribution >= 0.6 is 0 Å². The van der Waals surface area contributed by atoms with Gasteiger partial charge < -0.3 is 5.11 Å². The summed E-state index contributed by atoms with van der Waals surface area (Å²) in [4.78, 5) is 21.6. The van der Waals surface area contributed by atoms with Gasteiger partial charge in [0.1, 0.15) is 5.69 Å². The van der Waals surface area contributed by atoms with Crippen molar-refractivity contribution in [3.63, 3.8) is 0 Å². The Balaban J connectivity index is 2.54. The molecule has 0 aliphatic heterocycles. The summed E-state index contributed by atoms with van der Waals surface area (Å²) in [5, 5.41) is 15.1. The van der Waals surface area contributed by atoms with E-state index in [1.54, 1.807) is 12.1 Å². The monoisotopic (exact) mass is 230 g/mol. The molecule has 0 spiro atoms. The van der Waals surface area contributed by atoms with Crippen molar-refractivity contribution in [2.45, 2.75) is 6.92 Å². The first kappa shape index (κ1) is 11.1. The Labute approximate surface area is 97.1 Å². The van der Waals surface area contributed by atoms with E-state index in [1.165, 1.54) is 6.07 Å². The highest BCUT2D eigenvalue weighted by molar-refractivity contribution is 5.90. The number of aromatic nitrogens is 2. The van der Waals surface area contributed by atoms with E-state index in [-0.39, 0.29) is 5.69 Å². The normalized spacial score (nSPS) is 10.2. The molecule has 0 saturated carbocycles. The third-order valence-electron chi connectivity index (χ3n) is 2.42. The molecule has 0 unspecified atom stereocenters. The first-order valence-electron chi connectivity index (χ1n) is 4.96. The topological polar surface area (TPSA) is 83.0 Å². The first-order chi connectivity index (χ1) is 8.11. The Morgan fingerprint density at radius 3 is 2.76 bits per heavy atom. The predicted octanol–water partition coefficient (Wildman–Crippen LogP) is 1.90. The maximum Gasteiger partial charge on any atom is 0.353 e. The van der Waals surface area contributed by atoms with Crippen molar-refractivity contribution in [3.05, 3.63) is 41.1 Å². The average molecular weight is 230 g/mol. The van der Waals surface area contributed by atoms with Crippen LogP contribution in [0.1, 0.15) is 26.4 Å². The second-order valence-electron chi connectivity index (χ2n) is 3.68. The molecule has 5 nitrogen and oxygen atoms in total. The molecule has 0 fully saturated rings. The van der Waals surface area contributed by atoms with Crippen LogP contribution in [0.4, 0.5) is 0 Å². The Kier molecular flexibility index (Phi) is 2.74. The Morgan fingerprint density at radius 1 is 1.41 bits per heavy atom. The maximum atomic E-state index is 10.9. The predicted molar refractivity (Wildman–Crippen MR) is 61.1 cm³/mol. The molecule has 0 aliphatic carbocycles. The molecule has 0 radical (unpaired) electrons. The standard InChI is InChI=1S/C12H10N2O3/c1-7-2-3-8(6-15)9(4-7)10-5-11(12(16)17)14-13-10/h2-6H,1H3,(H,13,14)(H,16,17). The second-order valence-corrected chi connectivity index (χ2v) is 3.68. The van der Waals surface area contributed by atoms with Crippen molar-refractivity contribution in [1.29, 1.82) is 0 Å². The number of carbonyl (C=O) groups is 2. The Hall–Kier alpha value is -2.43. The molecule has 1 aromatic heterocycles. The number of H-pyrrole nitrogens is 1. The molecule has 2 aromatic rings. The molecule has 17 heavy (non-hydrogen) atoms. The quantitative estimate of drug-likeness (QED) is 0.789. The summed E-state index contributed by atoms with van der Waals surface area (Å²) in [6.45, 7) is 1.89. The molecule has 5 heteroatoms. The van der Waals surface area contributed by atoms with Crippen molar-refractivity contribution in [1.82, 2.24) is 10.2 Å². The van der Waals surface area contributed by atoms with Crippen molar-refractivity contribution in [2.75, 3.05) is 0 Å². The number of aldehydes is 1. The number of hydrogen-bond donors (Lipinski definition) is 2. The van der Waals surface area contributed by atoms with E-state index in [4.69, 9.17) is 5.11 Å². The highest BCUT2D eigenvalue weighted by Gasteiger charge is 2.12. The number of rotatable bonds is 3. The number of hydrogen-bond acceptors (Lipinski definition) is 3. The molecular formula is C12H10N2O3. The molecule has 0 aliphatic rings. The van der Waals surface area contributed by atoms with Crippen LogP contribution in [0.3, 0.4) is 0 Å².